The zero-order chi connectivity index (χ0) is 18.4. The number of nitrogens with one attached hydrogen (secondary N) is 1. The monoisotopic (exact) mass is 360 g/mol. The lowest BCUT2D eigenvalue weighted by Gasteiger charge is -2.24. The van der Waals surface area contributed by atoms with Gasteiger partial charge in [0.25, 0.3) is 0 Å². The molecule has 0 spiro atoms. The van der Waals surface area contributed by atoms with Crippen LogP contribution in [0.25, 0.3) is 0 Å². The van der Waals surface area contributed by atoms with Crippen LogP contribution in [0.2, 0.25) is 0 Å². The highest BCUT2D eigenvalue weighted by atomic mass is 15.3. The third-order valence-electron chi connectivity index (χ3n) is 6.13. The van der Waals surface area contributed by atoms with Gasteiger partial charge < -0.3 is 14.8 Å². The van der Waals surface area contributed by atoms with Gasteiger partial charge in [-0.3, -0.25) is 0 Å². The van der Waals surface area contributed by atoms with Crippen LogP contribution in [0.15, 0.2) is 4.99 Å². The first kappa shape index (κ1) is 19.2. The molecule has 1 atom stereocenters. The summed E-state index contributed by atoms with van der Waals surface area (Å²) in [6.45, 7) is 11.6. The van der Waals surface area contributed by atoms with Crippen LogP contribution in [0, 0.1) is 11.8 Å². The molecule has 0 radical (unpaired) electrons. The maximum atomic E-state index is 4.93. The van der Waals surface area contributed by atoms with E-state index in [9.17, 15) is 0 Å². The molecule has 1 aromatic heterocycles. The Bertz CT molecular complexity index is 589. The van der Waals surface area contributed by atoms with Crippen molar-refractivity contribution in [1.82, 2.24) is 25.0 Å². The van der Waals surface area contributed by atoms with Gasteiger partial charge in [-0.05, 0) is 38.0 Å². The Hall–Kier alpha value is -1.59. The van der Waals surface area contributed by atoms with E-state index in [-0.39, 0.29) is 0 Å². The quantitative estimate of drug-likeness (QED) is 0.625. The lowest BCUT2D eigenvalue weighted by molar-refractivity contribution is 0.319. The first-order valence-electron chi connectivity index (χ1n) is 10.7. The summed E-state index contributed by atoms with van der Waals surface area (Å²) in [6, 6.07) is 0. The largest absolute Gasteiger partial charge is 0.357 e. The number of rotatable bonds is 6. The fourth-order valence-corrected chi connectivity index (χ4v) is 4.55. The van der Waals surface area contributed by atoms with E-state index in [1.54, 1.807) is 0 Å². The number of nitrogens with zero attached hydrogens (tertiary/aromatic N) is 5. The maximum absolute atomic E-state index is 4.93. The van der Waals surface area contributed by atoms with Crippen LogP contribution in [0.4, 0.5) is 0 Å². The summed E-state index contributed by atoms with van der Waals surface area (Å²) in [5, 5.41) is 12.3. The number of likely N-dealkylation sites (tertiary alicyclic amines) is 1. The predicted octanol–water partition coefficient (Wildman–Crippen LogP) is 3.23. The summed E-state index contributed by atoms with van der Waals surface area (Å²) in [6.07, 6.45) is 8.67. The van der Waals surface area contributed by atoms with E-state index < -0.39 is 0 Å². The van der Waals surface area contributed by atoms with E-state index in [0.29, 0.717) is 6.54 Å². The highest BCUT2D eigenvalue weighted by Crippen LogP contribution is 2.28. The van der Waals surface area contributed by atoms with Crippen LogP contribution >= 0.6 is 0 Å². The van der Waals surface area contributed by atoms with E-state index in [2.05, 4.69) is 45.8 Å². The van der Waals surface area contributed by atoms with Crippen molar-refractivity contribution in [2.45, 2.75) is 78.8 Å². The molecule has 1 unspecified atom stereocenters. The second-order valence-corrected chi connectivity index (χ2v) is 7.74. The van der Waals surface area contributed by atoms with Crippen molar-refractivity contribution < 1.29 is 0 Å². The van der Waals surface area contributed by atoms with Crippen molar-refractivity contribution in [1.29, 1.82) is 0 Å². The van der Waals surface area contributed by atoms with Gasteiger partial charge in [0.2, 0.25) is 0 Å². The van der Waals surface area contributed by atoms with Crippen molar-refractivity contribution in [2.24, 2.45) is 16.8 Å². The molecule has 2 aliphatic heterocycles. The Morgan fingerprint density at radius 2 is 2.00 bits per heavy atom. The molecule has 3 heterocycles. The van der Waals surface area contributed by atoms with Gasteiger partial charge in [0.15, 0.2) is 11.8 Å². The van der Waals surface area contributed by atoms with Crippen LogP contribution < -0.4 is 5.32 Å². The lowest BCUT2D eigenvalue weighted by Crippen LogP contribution is -2.40. The van der Waals surface area contributed by atoms with Gasteiger partial charge in [-0.1, -0.05) is 33.1 Å². The molecule has 3 rings (SSSR count). The second kappa shape index (κ2) is 9.38. The van der Waals surface area contributed by atoms with Crippen LogP contribution in [0.3, 0.4) is 0 Å². The molecule has 0 aliphatic carbocycles. The standard InChI is InChI=1S/C20H36N6/c1-4-16(5-2)17-11-13-25(15-17)20(21-6-3)22-14-19-24-23-18-10-8-7-9-12-26(18)19/h16-17H,4-15H2,1-3H3,(H,21,22). The summed E-state index contributed by atoms with van der Waals surface area (Å²) in [5.41, 5.74) is 0. The first-order valence-corrected chi connectivity index (χ1v) is 10.7. The SMILES string of the molecule is CCNC(=NCc1nnc2n1CCCCC2)N1CCC(C(CC)CC)C1. The zero-order valence-electron chi connectivity index (χ0n) is 16.9. The molecular weight excluding hydrogens is 324 g/mol. The summed E-state index contributed by atoms with van der Waals surface area (Å²) >= 11 is 0. The van der Waals surface area contributed by atoms with Gasteiger partial charge in [-0.25, -0.2) is 4.99 Å². The fraction of sp³-hybridized carbons (Fsp3) is 0.850. The average Bonchev–Trinajstić information content (AvgIpc) is 3.21. The molecule has 146 valence electrons. The molecule has 0 saturated carbocycles. The summed E-state index contributed by atoms with van der Waals surface area (Å²) < 4.78 is 2.30. The number of fused-ring (bicyclic) bond motifs is 1. The number of hydrogen-bond acceptors (Lipinski definition) is 3. The molecule has 6 heteroatoms. The summed E-state index contributed by atoms with van der Waals surface area (Å²) in [4.78, 5) is 7.38. The number of hydrogen-bond donors (Lipinski definition) is 1. The van der Waals surface area contributed by atoms with Crippen molar-refractivity contribution in [2.75, 3.05) is 19.6 Å². The summed E-state index contributed by atoms with van der Waals surface area (Å²) in [5.74, 6) is 4.86. The van der Waals surface area contributed by atoms with E-state index in [1.807, 2.05) is 0 Å². The Labute approximate surface area is 158 Å². The van der Waals surface area contributed by atoms with Crippen molar-refractivity contribution in [3.8, 4) is 0 Å². The normalized spacial score (nSPS) is 21.2. The van der Waals surface area contributed by atoms with Crippen molar-refractivity contribution in [3.63, 3.8) is 0 Å². The van der Waals surface area contributed by atoms with E-state index >= 15 is 0 Å². The first-order chi connectivity index (χ1) is 12.8. The van der Waals surface area contributed by atoms with E-state index in [1.165, 1.54) is 38.5 Å². The van der Waals surface area contributed by atoms with Gasteiger partial charge in [0, 0.05) is 32.6 Å². The van der Waals surface area contributed by atoms with Crippen molar-refractivity contribution >= 4 is 5.96 Å². The van der Waals surface area contributed by atoms with E-state index in [0.717, 1.165) is 62.0 Å². The molecule has 1 fully saturated rings. The topological polar surface area (TPSA) is 58.3 Å². The second-order valence-electron chi connectivity index (χ2n) is 7.74. The molecule has 1 saturated heterocycles. The maximum Gasteiger partial charge on any atom is 0.194 e. The Morgan fingerprint density at radius 1 is 1.15 bits per heavy atom. The number of aryl methyl sites for hydroxylation is 1. The molecule has 0 aromatic carbocycles. The molecular formula is C20H36N6. The molecule has 6 nitrogen and oxygen atoms in total. The smallest absolute Gasteiger partial charge is 0.194 e. The molecule has 2 aliphatic rings. The Balaban J connectivity index is 1.68. The average molecular weight is 361 g/mol. The van der Waals surface area contributed by atoms with Gasteiger partial charge in [0.05, 0.1) is 0 Å². The van der Waals surface area contributed by atoms with Crippen molar-refractivity contribution in [3.05, 3.63) is 11.6 Å². The molecule has 26 heavy (non-hydrogen) atoms. The van der Waals surface area contributed by atoms with Crippen LogP contribution in [0.1, 0.15) is 70.9 Å². The van der Waals surface area contributed by atoms with Gasteiger partial charge in [0.1, 0.15) is 12.4 Å². The highest BCUT2D eigenvalue weighted by Gasteiger charge is 2.29. The number of aliphatic imine (C=N–C) groups is 1. The van der Waals surface area contributed by atoms with Gasteiger partial charge >= 0.3 is 0 Å². The van der Waals surface area contributed by atoms with Crippen LogP contribution in [0.5, 0.6) is 0 Å². The van der Waals surface area contributed by atoms with Crippen LogP contribution in [-0.2, 0) is 19.5 Å². The minimum absolute atomic E-state index is 0.626. The Morgan fingerprint density at radius 3 is 2.77 bits per heavy atom. The molecule has 0 amide bonds. The Kier molecular flexibility index (Phi) is 6.92. The number of guanidine groups is 1. The van der Waals surface area contributed by atoms with Gasteiger partial charge in [-0.2, -0.15) is 0 Å². The number of aromatic nitrogens is 3. The van der Waals surface area contributed by atoms with E-state index in [4.69, 9.17) is 4.99 Å². The third-order valence-corrected chi connectivity index (χ3v) is 6.13. The minimum Gasteiger partial charge on any atom is -0.357 e. The highest BCUT2D eigenvalue weighted by molar-refractivity contribution is 5.80. The predicted molar refractivity (Wildman–Crippen MR) is 106 cm³/mol. The summed E-state index contributed by atoms with van der Waals surface area (Å²) in [7, 11) is 0. The fourth-order valence-electron chi connectivity index (χ4n) is 4.55. The zero-order valence-corrected chi connectivity index (χ0v) is 16.9. The molecule has 0 bridgehead atoms. The van der Waals surface area contributed by atoms with Crippen LogP contribution in [-0.4, -0.2) is 45.3 Å². The lowest BCUT2D eigenvalue weighted by atomic mass is 9.87. The third kappa shape index (κ3) is 4.38. The molecule has 1 aromatic rings. The molecule has 1 N–H and O–H groups in total. The minimum atomic E-state index is 0.626. The van der Waals surface area contributed by atoms with Gasteiger partial charge in [-0.15, -0.1) is 10.2 Å².